The highest BCUT2D eigenvalue weighted by Crippen LogP contribution is 2.29. The fourth-order valence-electron chi connectivity index (χ4n) is 2.86. The van der Waals surface area contributed by atoms with E-state index in [9.17, 15) is 22.8 Å². The average molecular weight is 398 g/mol. The first-order valence-electron chi connectivity index (χ1n) is 8.76. The van der Waals surface area contributed by atoms with Crippen LogP contribution in [-0.4, -0.2) is 18.9 Å². The number of hydrogen-bond acceptors (Lipinski definition) is 3. The third-order valence-electron chi connectivity index (χ3n) is 4.47. The molecule has 0 N–H and O–H groups in total. The molecule has 3 aromatic rings. The zero-order valence-electron chi connectivity index (χ0n) is 15.5. The van der Waals surface area contributed by atoms with Crippen LogP contribution in [0.3, 0.4) is 0 Å². The summed E-state index contributed by atoms with van der Waals surface area (Å²) in [5, 5.41) is 0. The molecule has 0 radical (unpaired) electrons. The highest BCUT2D eigenvalue weighted by atomic mass is 19.4. The van der Waals surface area contributed by atoms with E-state index in [1.54, 1.807) is 36.4 Å². The van der Waals surface area contributed by atoms with Crippen molar-refractivity contribution in [1.29, 1.82) is 0 Å². The Morgan fingerprint density at radius 3 is 1.59 bits per heavy atom. The summed E-state index contributed by atoms with van der Waals surface area (Å²) in [5.74, 6) is -0.667. The molecule has 0 aliphatic heterocycles. The quantitative estimate of drug-likeness (QED) is 0.432. The van der Waals surface area contributed by atoms with E-state index in [4.69, 9.17) is 0 Å². The number of halogens is 3. The maximum absolute atomic E-state index is 12.6. The molecular formula is C23H17F3O3. The molecule has 3 nitrogen and oxygen atoms in total. The minimum atomic E-state index is -4.35. The second-order valence-electron chi connectivity index (χ2n) is 6.47. The Kier molecular flexibility index (Phi) is 5.82. The van der Waals surface area contributed by atoms with Gasteiger partial charge in [0, 0.05) is 11.1 Å². The van der Waals surface area contributed by atoms with Crippen molar-refractivity contribution < 1.29 is 27.5 Å². The van der Waals surface area contributed by atoms with Gasteiger partial charge in [-0.25, -0.2) is 4.79 Å². The first kappa shape index (κ1) is 20.3. The van der Waals surface area contributed by atoms with Gasteiger partial charge >= 0.3 is 12.1 Å². The van der Waals surface area contributed by atoms with Crippen LogP contribution in [0.5, 0.6) is 0 Å². The lowest BCUT2D eigenvalue weighted by atomic mass is 9.98. The Morgan fingerprint density at radius 1 is 0.724 bits per heavy atom. The second-order valence-corrected chi connectivity index (χ2v) is 6.47. The lowest BCUT2D eigenvalue weighted by Gasteiger charge is -2.08. The van der Waals surface area contributed by atoms with E-state index in [1.807, 2.05) is 0 Å². The van der Waals surface area contributed by atoms with Crippen LogP contribution in [0.1, 0.15) is 43.0 Å². The second kappa shape index (κ2) is 8.31. The van der Waals surface area contributed by atoms with E-state index >= 15 is 0 Å². The minimum Gasteiger partial charge on any atom is -0.465 e. The van der Waals surface area contributed by atoms with Crippen LogP contribution < -0.4 is 0 Å². The fourth-order valence-corrected chi connectivity index (χ4v) is 2.86. The van der Waals surface area contributed by atoms with Gasteiger partial charge in [-0.1, -0.05) is 48.5 Å². The number of carbonyl (C=O) groups excluding carboxylic acids is 2. The van der Waals surface area contributed by atoms with Gasteiger partial charge in [0.1, 0.15) is 0 Å². The summed E-state index contributed by atoms with van der Waals surface area (Å²) < 4.78 is 42.5. The van der Waals surface area contributed by atoms with E-state index in [1.165, 1.54) is 31.4 Å². The van der Waals surface area contributed by atoms with Gasteiger partial charge in [0.25, 0.3) is 0 Å². The molecule has 0 unspecified atom stereocenters. The molecule has 0 amide bonds. The highest BCUT2D eigenvalue weighted by molar-refractivity contribution is 6.09. The van der Waals surface area contributed by atoms with E-state index in [0.29, 0.717) is 23.1 Å². The molecule has 0 bridgehead atoms. The Morgan fingerprint density at radius 2 is 1.14 bits per heavy atom. The molecule has 148 valence electrons. The molecule has 6 heteroatoms. The molecule has 0 atom stereocenters. The van der Waals surface area contributed by atoms with Crippen LogP contribution in [0.15, 0.2) is 72.8 Å². The SMILES string of the molecule is COC(=O)c1ccc(C(=O)c2ccc(Cc3ccc(C(F)(F)F)cc3)cc2)cc1. The topological polar surface area (TPSA) is 43.4 Å². The van der Waals surface area contributed by atoms with E-state index in [0.717, 1.165) is 23.3 Å². The number of methoxy groups -OCH3 is 1. The van der Waals surface area contributed by atoms with E-state index in [-0.39, 0.29) is 5.78 Å². The van der Waals surface area contributed by atoms with Gasteiger partial charge in [-0.2, -0.15) is 13.2 Å². The van der Waals surface area contributed by atoms with Crippen molar-refractivity contribution in [3.63, 3.8) is 0 Å². The predicted molar refractivity (Wildman–Crippen MR) is 102 cm³/mol. The standard InChI is InChI=1S/C23H17F3O3/c1-29-22(28)19-10-8-18(9-11-19)21(27)17-6-2-15(3-7-17)14-16-4-12-20(13-5-16)23(24,25)26/h2-13H,14H2,1H3. The van der Waals surface area contributed by atoms with Crippen molar-refractivity contribution in [1.82, 2.24) is 0 Å². The fraction of sp³-hybridized carbons (Fsp3) is 0.130. The molecular weight excluding hydrogens is 381 g/mol. The third kappa shape index (κ3) is 4.90. The number of hydrogen-bond donors (Lipinski definition) is 0. The summed E-state index contributed by atoms with van der Waals surface area (Å²) in [6, 6.07) is 18.1. The monoisotopic (exact) mass is 398 g/mol. The normalized spacial score (nSPS) is 11.2. The maximum Gasteiger partial charge on any atom is 0.416 e. The smallest absolute Gasteiger partial charge is 0.416 e. The number of rotatable bonds is 5. The number of ketones is 1. The lowest BCUT2D eigenvalue weighted by Crippen LogP contribution is -2.05. The molecule has 3 rings (SSSR count). The van der Waals surface area contributed by atoms with Gasteiger partial charge in [-0.15, -0.1) is 0 Å². The van der Waals surface area contributed by atoms with Gasteiger partial charge in [-0.05, 0) is 41.8 Å². The van der Waals surface area contributed by atoms with Gasteiger partial charge in [-0.3, -0.25) is 4.79 Å². The first-order valence-corrected chi connectivity index (χ1v) is 8.76. The maximum atomic E-state index is 12.6. The van der Waals surface area contributed by atoms with Crippen molar-refractivity contribution in [2.45, 2.75) is 12.6 Å². The summed E-state index contributed by atoms with van der Waals surface area (Å²) in [6.45, 7) is 0. The molecule has 0 aliphatic carbocycles. The van der Waals surface area contributed by atoms with Crippen molar-refractivity contribution in [3.8, 4) is 0 Å². The molecule has 0 fully saturated rings. The van der Waals surface area contributed by atoms with Gasteiger partial charge in [0.15, 0.2) is 5.78 Å². The average Bonchev–Trinajstić information content (AvgIpc) is 2.73. The van der Waals surface area contributed by atoms with E-state index in [2.05, 4.69) is 4.74 Å². The molecule has 0 heterocycles. The molecule has 0 spiro atoms. The summed E-state index contributed by atoms with van der Waals surface area (Å²) >= 11 is 0. The van der Waals surface area contributed by atoms with E-state index < -0.39 is 17.7 Å². The molecule has 0 aliphatic rings. The van der Waals surface area contributed by atoms with Crippen LogP contribution >= 0.6 is 0 Å². The molecule has 0 saturated carbocycles. The number of esters is 1. The third-order valence-corrected chi connectivity index (χ3v) is 4.47. The molecule has 0 saturated heterocycles. The van der Waals surface area contributed by atoms with Gasteiger partial charge in [0.2, 0.25) is 0 Å². The lowest BCUT2D eigenvalue weighted by molar-refractivity contribution is -0.137. The Bertz CT molecular complexity index is 1000. The number of ether oxygens (including phenoxy) is 1. The number of alkyl halides is 3. The van der Waals surface area contributed by atoms with Crippen LogP contribution in [-0.2, 0) is 17.3 Å². The van der Waals surface area contributed by atoms with Crippen LogP contribution in [0.25, 0.3) is 0 Å². The minimum absolute atomic E-state index is 0.192. The van der Waals surface area contributed by atoms with Crippen molar-refractivity contribution in [2.75, 3.05) is 7.11 Å². The summed E-state index contributed by atoms with van der Waals surface area (Å²) in [6.07, 6.45) is -3.89. The number of carbonyl (C=O) groups is 2. The van der Waals surface area contributed by atoms with Crippen LogP contribution in [0.2, 0.25) is 0 Å². The van der Waals surface area contributed by atoms with Gasteiger partial charge in [0.05, 0.1) is 18.2 Å². The van der Waals surface area contributed by atoms with Crippen molar-refractivity contribution in [2.24, 2.45) is 0 Å². The van der Waals surface area contributed by atoms with Gasteiger partial charge < -0.3 is 4.74 Å². The predicted octanol–water partition coefficient (Wildman–Crippen LogP) is 5.31. The Labute approximate surface area is 165 Å². The van der Waals surface area contributed by atoms with Crippen molar-refractivity contribution >= 4 is 11.8 Å². The van der Waals surface area contributed by atoms with Crippen LogP contribution in [0, 0.1) is 0 Å². The summed E-state index contributed by atoms with van der Waals surface area (Å²) in [5.41, 5.74) is 2.22. The zero-order valence-corrected chi connectivity index (χ0v) is 15.5. The van der Waals surface area contributed by atoms with Crippen molar-refractivity contribution in [3.05, 3.63) is 106 Å². The highest BCUT2D eigenvalue weighted by Gasteiger charge is 2.29. The zero-order chi connectivity index (χ0) is 21.0. The number of benzene rings is 3. The largest absolute Gasteiger partial charge is 0.465 e. The summed E-state index contributed by atoms with van der Waals surface area (Å²) in [4.78, 5) is 24.0. The Hall–Kier alpha value is -3.41. The molecule has 0 aromatic heterocycles. The first-order chi connectivity index (χ1) is 13.8. The molecule has 29 heavy (non-hydrogen) atoms. The molecule has 3 aromatic carbocycles. The Balaban J connectivity index is 1.69. The van der Waals surface area contributed by atoms with Crippen LogP contribution in [0.4, 0.5) is 13.2 Å². The summed E-state index contributed by atoms with van der Waals surface area (Å²) in [7, 11) is 1.29.